The molecular weight excluding hydrogens is 848 g/mol. The summed E-state index contributed by atoms with van der Waals surface area (Å²) in [6, 6.07) is 19.9. The van der Waals surface area contributed by atoms with E-state index in [9.17, 15) is 0 Å². The highest BCUT2D eigenvalue weighted by molar-refractivity contribution is 6.30. The van der Waals surface area contributed by atoms with E-state index in [0.29, 0.717) is 34.8 Å². The quantitative estimate of drug-likeness (QED) is 0.130. The Balaban J connectivity index is 0.000000162. The highest BCUT2D eigenvalue weighted by Crippen LogP contribution is 2.35. The lowest BCUT2D eigenvalue weighted by atomic mass is 9.91. The van der Waals surface area contributed by atoms with Crippen LogP contribution in [-0.4, -0.2) is 72.8 Å². The largest absolute Gasteiger partial charge is 0.493 e. The molecule has 324 valence electrons. The summed E-state index contributed by atoms with van der Waals surface area (Å²) in [7, 11) is 3.28. The van der Waals surface area contributed by atoms with E-state index in [2.05, 4.69) is 44.2 Å². The van der Waals surface area contributed by atoms with Crippen molar-refractivity contribution in [2.75, 3.05) is 14.2 Å². The number of benzene rings is 2. The summed E-state index contributed by atoms with van der Waals surface area (Å²) >= 11 is 12.1. The van der Waals surface area contributed by atoms with Crippen molar-refractivity contribution in [3.05, 3.63) is 165 Å². The number of imidazole rings is 2. The topological polar surface area (TPSA) is 141 Å². The first-order chi connectivity index (χ1) is 31.2. The first-order valence-corrected chi connectivity index (χ1v) is 21.8. The maximum absolute atomic E-state index is 6.06. The maximum atomic E-state index is 6.06. The van der Waals surface area contributed by atoms with E-state index >= 15 is 0 Å². The van der Waals surface area contributed by atoms with Crippen LogP contribution in [0.25, 0.3) is 35.9 Å². The Kier molecular flexibility index (Phi) is 12.5. The lowest BCUT2D eigenvalue weighted by Crippen LogP contribution is -2.17. The second-order valence-corrected chi connectivity index (χ2v) is 16.6. The van der Waals surface area contributed by atoms with Crippen molar-refractivity contribution in [3.8, 4) is 23.1 Å². The van der Waals surface area contributed by atoms with E-state index in [4.69, 9.17) is 52.8 Å². The molecule has 2 aromatic carbocycles. The Morgan fingerprint density at radius 2 is 1.00 bits per heavy atom. The number of halogens is 2. The van der Waals surface area contributed by atoms with Crippen LogP contribution >= 0.6 is 23.2 Å². The number of ether oxygens (including phenoxy) is 2. The fraction of sp³-hybridized carbons (Fsp3) is 0.250. The van der Waals surface area contributed by atoms with E-state index in [-0.39, 0.29) is 11.8 Å². The molecule has 14 nitrogen and oxygen atoms in total. The lowest BCUT2D eigenvalue weighted by Gasteiger charge is -2.22. The molecule has 2 atom stereocenters. The number of aromatic nitrogens is 12. The highest BCUT2D eigenvalue weighted by Gasteiger charge is 2.27. The van der Waals surface area contributed by atoms with Crippen LogP contribution in [0.3, 0.4) is 0 Å². The van der Waals surface area contributed by atoms with Crippen LogP contribution in [0.15, 0.2) is 98.1 Å². The number of nitrogens with zero attached hydrogens (tertiary/aromatic N) is 12. The third kappa shape index (κ3) is 9.38. The van der Waals surface area contributed by atoms with Gasteiger partial charge in [-0.15, -0.1) is 0 Å². The first kappa shape index (κ1) is 42.4. The highest BCUT2D eigenvalue weighted by atomic mass is 35.5. The van der Waals surface area contributed by atoms with Gasteiger partial charge in [-0.05, 0) is 122 Å². The Morgan fingerprint density at radius 1 is 0.578 bits per heavy atom. The van der Waals surface area contributed by atoms with E-state index in [1.165, 1.54) is 11.1 Å². The van der Waals surface area contributed by atoms with Crippen LogP contribution in [0.1, 0.15) is 94.5 Å². The van der Waals surface area contributed by atoms with Crippen molar-refractivity contribution in [3.63, 3.8) is 0 Å². The smallest absolute Gasteiger partial charge is 0.180 e. The van der Waals surface area contributed by atoms with E-state index in [0.717, 1.165) is 83.0 Å². The summed E-state index contributed by atoms with van der Waals surface area (Å²) in [4.78, 5) is 27.3. The maximum Gasteiger partial charge on any atom is 0.180 e. The molecule has 6 aromatic heterocycles. The average molecular weight is 894 g/mol. The van der Waals surface area contributed by atoms with Gasteiger partial charge < -0.3 is 9.47 Å². The molecule has 2 aliphatic heterocycles. The normalized spacial score (nSPS) is 15.8. The van der Waals surface area contributed by atoms with Gasteiger partial charge in [-0.1, -0.05) is 47.5 Å². The average Bonchev–Trinajstić information content (AvgIpc) is 4.15. The van der Waals surface area contributed by atoms with Gasteiger partial charge in [0.2, 0.25) is 0 Å². The van der Waals surface area contributed by atoms with Crippen LogP contribution in [0.4, 0.5) is 0 Å². The molecular formula is C48H46Cl2N12O2. The zero-order valence-corrected chi connectivity index (χ0v) is 37.4. The molecule has 8 aromatic rings. The number of pyridine rings is 2. The summed E-state index contributed by atoms with van der Waals surface area (Å²) in [6.45, 7) is 5.65. The SMILES string of the molecule is COc1cc(/C=C/c2nc3n(n2)CCC[C@@H]3c2ccc(Cl)cc2)cnc1-n1cnc(C)c1.COc1cc(/C=C/c2nc3n(n2)CCC[C@H]3c2ccc(Cl)cc2)cnc1-n1cnc(C)c1. The van der Waals surface area contributed by atoms with Crippen LogP contribution in [0.5, 0.6) is 11.5 Å². The monoisotopic (exact) mass is 892 g/mol. The Labute approximate surface area is 380 Å². The lowest BCUT2D eigenvalue weighted by molar-refractivity contribution is 0.410. The molecule has 10 rings (SSSR count). The minimum atomic E-state index is 0.232. The molecule has 0 saturated heterocycles. The number of rotatable bonds is 10. The second-order valence-electron chi connectivity index (χ2n) is 15.7. The van der Waals surface area contributed by atoms with Gasteiger partial charge >= 0.3 is 0 Å². The van der Waals surface area contributed by atoms with Crippen LogP contribution in [0.2, 0.25) is 10.0 Å². The van der Waals surface area contributed by atoms with Gasteiger partial charge in [-0.3, -0.25) is 9.13 Å². The Morgan fingerprint density at radius 3 is 1.38 bits per heavy atom. The third-order valence-electron chi connectivity index (χ3n) is 11.2. The first-order valence-electron chi connectivity index (χ1n) is 21.1. The van der Waals surface area contributed by atoms with Gasteiger partial charge in [0.05, 0.1) is 25.6 Å². The summed E-state index contributed by atoms with van der Waals surface area (Å²) in [5.41, 5.74) is 6.10. The zero-order chi connectivity index (χ0) is 44.2. The zero-order valence-electron chi connectivity index (χ0n) is 35.9. The Bertz CT molecular complexity index is 2750. The molecule has 0 fully saturated rings. The van der Waals surface area contributed by atoms with Gasteiger partial charge in [-0.25, -0.2) is 39.3 Å². The minimum Gasteiger partial charge on any atom is -0.493 e. The van der Waals surface area contributed by atoms with Crippen molar-refractivity contribution in [1.29, 1.82) is 0 Å². The summed E-state index contributed by atoms with van der Waals surface area (Å²) in [5, 5.41) is 10.9. The molecule has 8 heterocycles. The fourth-order valence-corrected chi connectivity index (χ4v) is 8.34. The second kappa shape index (κ2) is 18.8. The Hall–Kier alpha value is -6.90. The van der Waals surface area contributed by atoms with Crippen LogP contribution < -0.4 is 9.47 Å². The number of aryl methyl sites for hydroxylation is 4. The van der Waals surface area contributed by atoms with Crippen molar-refractivity contribution < 1.29 is 9.47 Å². The summed E-state index contributed by atoms with van der Waals surface area (Å²) < 4.78 is 18.8. The minimum absolute atomic E-state index is 0.232. The molecule has 0 spiro atoms. The molecule has 0 N–H and O–H groups in total. The predicted octanol–water partition coefficient (Wildman–Crippen LogP) is 9.85. The van der Waals surface area contributed by atoms with Crippen molar-refractivity contribution in [1.82, 2.24) is 58.6 Å². The number of methoxy groups -OCH3 is 2. The van der Waals surface area contributed by atoms with Crippen LogP contribution in [-0.2, 0) is 13.1 Å². The number of hydrogen-bond donors (Lipinski definition) is 0. The molecule has 0 amide bonds. The molecule has 16 heteroatoms. The summed E-state index contributed by atoms with van der Waals surface area (Å²) in [6.07, 6.45) is 22.9. The predicted molar refractivity (Wildman–Crippen MR) is 248 cm³/mol. The molecule has 0 radical (unpaired) electrons. The summed E-state index contributed by atoms with van der Waals surface area (Å²) in [5.74, 6) is 6.58. The van der Waals surface area contributed by atoms with Gasteiger partial charge in [0, 0.05) is 59.8 Å². The van der Waals surface area contributed by atoms with Gasteiger partial charge in [0.25, 0.3) is 0 Å². The van der Waals surface area contributed by atoms with Crippen molar-refractivity contribution >= 4 is 47.5 Å². The van der Waals surface area contributed by atoms with E-state index in [1.807, 2.05) is 105 Å². The molecule has 0 saturated carbocycles. The van der Waals surface area contributed by atoms with E-state index in [1.54, 1.807) is 39.3 Å². The molecule has 0 aliphatic carbocycles. The third-order valence-corrected chi connectivity index (χ3v) is 11.7. The molecule has 0 bridgehead atoms. The van der Waals surface area contributed by atoms with E-state index < -0.39 is 0 Å². The van der Waals surface area contributed by atoms with Gasteiger partial charge in [0.15, 0.2) is 34.8 Å². The van der Waals surface area contributed by atoms with Crippen molar-refractivity contribution in [2.24, 2.45) is 0 Å². The number of hydrogen-bond acceptors (Lipinski definition) is 10. The molecule has 64 heavy (non-hydrogen) atoms. The van der Waals surface area contributed by atoms with Crippen LogP contribution in [0, 0.1) is 13.8 Å². The van der Waals surface area contributed by atoms with Crippen molar-refractivity contribution in [2.45, 2.75) is 64.5 Å². The standard InChI is InChI=1S/2C24H23ClN6O/c2*1-16-14-30(15-27-16)24-21(32-2)12-17(13-26-24)5-10-22-28-23-20(4-3-11-31(23)29-22)18-6-8-19(25)9-7-18/h2*5-10,12-15,20H,3-4,11H2,1-2H3/b2*10-5+/t2*20-/m10/s1. The van der Waals surface area contributed by atoms with Gasteiger partial charge in [-0.2, -0.15) is 10.2 Å². The van der Waals surface area contributed by atoms with Gasteiger partial charge in [0.1, 0.15) is 24.3 Å². The fourth-order valence-electron chi connectivity index (χ4n) is 8.09. The molecule has 0 unspecified atom stereocenters. The number of fused-ring (bicyclic) bond motifs is 2. The molecule has 2 aliphatic rings.